The van der Waals surface area contributed by atoms with Crippen molar-refractivity contribution in [1.29, 1.82) is 0 Å². The van der Waals surface area contributed by atoms with Crippen molar-refractivity contribution in [1.82, 2.24) is 9.21 Å². The molecule has 3 rings (SSSR count). The van der Waals surface area contributed by atoms with Crippen molar-refractivity contribution in [2.45, 2.75) is 17.7 Å². The van der Waals surface area contributed by atoms with Crippen molar-refractivity contribution in [3.8, 4) is 5.75 Å². The van der Waals surface area contributed by atoms with Gasteiger partial charge in [-0.25, -0.2) is 8.42 Å². The van der Waals surface area contributed by atoms with E-state index in [1.165, 1.54) is 22.5 Å². The van der Waals surface area contributed by atoms with E-state index in [0.717, 1.165) is 5.75 Å². The van der Waals surface area contributed by atoms with Gasteiger partial charge < -0.3 is 9.64 Å². The Balaban J connectivity index is 1.46. The van der Waals surface area contributed by atoms with Gasteiger partial charge in [-0.3, -0.25) is 4.79 Å². The van der Waals surface area contributed by atoms with Crippen LogP contribution >= 0.6 is 23.2 Å². The molecule has 0 atom stereocenters. The summed E-state index contributed by atoms with van der Waals surface area (Å²) < 4.78 is 32.5. The van der Waals surface area contributed by atoms with E-state index in [-0.39, 0.29) is 28.9 Å². The first-order valence-electron chi connectivity index (χ1n) is 9.29. The van der Waals surface area contributed by atoms with Crippen LogP contribution in [0.3, 0.4) is 0 Å². The molecule has 1 saturated heterocycles. The quantitative estimate of drug-likeness (QED) is 0.595. The highest BCUT2D eigenvalue weighted by Gasteiger charge is 2.30. The minimum atomic E-state index is -3.67. The van der Waals surface area contributed by atoms with E-state index in [4.69, 9.17) is 27.9 Å². The molecule has 0 saturated carbocycles. The molecule has 0 unspecified atom stereocenters. The lowest BCUT2D eigenvalue weighted by Crippen LogP contribution is -2.50. The van der Waals surface area contributed by atoms with Crippen LogP contribution in [0, 0.1) is 0 Å². The van der Waals surface area contributed by atoms with Gasteiger partial charge >= 0.3 is 0 Å². The van der Waals surface area contributed by atoms with Crippen LogP contribution in [0.2, 0.25) is 10.0 Å². The zero-order chi connectivity index (χ0) is 20.9. The summed E-state index contributed by atoms with van der Waals surface area (Å²) in [5, 5.41) is 0.497. The molecular weight excluding hydrogens is 435 g/mol. The molecule has 0 spiro atoms. The molecule has 1 heterocycles. The van der Waals surface area contributed by atoms with Gasteiger partial charge in [0.1, 0.15) is 5.75 Å². The Morgan fingerprint density at radius 1 is 0.966 bits per heavy atom. The number of sulfonamides is 1. The van der Waals surface area contributed by atoms with Crippen LogP contribution < -0.4 is 4.74 Å². The van der Waals surface area contributed by atoms with Gasteiger partial charge in [-0.2, -0.15) is 4.31 Å². The zero-order valence-electron chi connectivity index (χ0n) is 15.8. The molecule has 2 aromatic rings. The van der Waals surface area contributed by atoms with E-state index in [1.807, 2.05) is 30.3 Å². The summed E-state index contributed by atoms with van der Waals surface area (Å²) in [4.78, 5) is 14.2. The Bertz CT molecular complexity index is 946. The lowest BCUT2D eigenvalue weighted by Gasteiger charge is -2.34. The molecule has 6 nitrogen and oxygen atoms in total. The highest BCUT2D eigenvalue weighted by molar-refractivity contribution is 7.89. The monoisotopic (exact) mass is 456 g/mol. The van der Waals surface area contributed by atoms with E-state index >= 15 is 0 Å². The first kappa shape index (κ1) is 21.9. The van der Waals surface area contributed by atoms with E-state index < -0.39 is 10.0 Å². The van der Waals surface area contributed by atoms with E-state index in [2.05, 4.69) is 0 Å². The second-order valence-corrected chi connectivity index (χ2v) is 9.38. The molecule has 1 aliphatic rings. The first-order valence-corrected chi connectivity index (χ1v) is 11.5. The predicted molar refractivity (Wildman–Crippen MR) is 113 cm³/mol. The summed E-state index contributed by atoms with van der Waals surface area (Å²) in [5.41, 5.74) is 0. The van der Waals surface area contributed by atoms with Crippen LogP contribution in [-0.2, 0) is 14.8 Å². The summed E-state index contributed by atoms with van der Waals surface area (Å²) in [5.74, 6) is 0.786. The molecule has 1 aliphatic heterocycles. The third-order valence-electron chi connectivity index (χ3n) is 4.67. The minimum Gasteiger partial charge on any atom is -0.494 e. The third kappa shape index (κ3) is 5.63. The van der Waals surface area contributed by atoms with Gasteiger partial charge in [-0.1, -0.05) is 41.4 Å². The first-order chi connectivity index (χ1) is 13.9. The molecule has 29 heavy (non-hydrogen) atoms. The van der Waals surface area contributed by atoms with Gasteiger partial charge in [-0.05, 0) is 36.8 Å². The summed E-state index contributed by atoms with van der Waals surface area (Å²) in [6.07, 6.45) is 0.974. The third-order valence-corrected chi connectivity index (χ3v) is 7.30. The molecule has 0 aromatic heterocycles. The SMILES string of the molecule is O=C(CCCOc1ccccc1)N1CCN(S(=O)(=O)c2ccc(Cl)c(Cl)c2)CC1. The van der Waals surface area contributed by atoms with Crippen molar-refractivity contribution < 1.29 is 17.9 Å². The number of halogens is 2. The molecule has 0 aliphatic carbocycles. The van der Waals surface area contributed by atoms with Gasteiger partial charge in [0, 0.05) is 32.6 Å². The lowest BCUT2D eigenvalue weighted by molar-refractivity contribution is -0.132. The zero-order valence-corrected chi connectivity index (χ0v) is 18.1. The van der Waals surface area contributed by atoms with E-state index in [1.54, 1.807) is 4.90 Å². The Morgan fingerprint density at radius 2 is 1.66 bits per heavy atom. The van der Waals surface area contributed by atoms with Gasteiger partial charge in [0.05, 0.1) is 21.5 Å². The van der Waals surface area contributed by atoms with Crippen molar-refractivity contribution in [2.75, 3.05) is 32.8 Å². The highest BCUT2D eigenvalue weighted by Crippen LogP contribution is 2.27. The Kier molecular flexibility index (Phi) is 7.40. The number of carbonyl (C=O) groups excluding carboxylic acids is 1. The van der Waals surface area contributed by atoms with E-state index in [0.29, 0.717) is 37.6 Å². The standard InChI is InChI=1S/C20H22Cl2N2O4S/c21-18-9-8-17(15-19(18)22)29(26,27)24-12-10-23(11-13-24)20(25)7-4-14-28-16-5-2-1-3-6-16/h1-3,5-6,8-9,15H,4,7,10-14H2. The number of benzene rings is 2. The van der Waals surface area contributed by atoms with Gasteiger partial charge in [0.15, 0.2) is 0 Å². The van der Waals surface area contributed by atoms with E-state index in [9.17, 15) is 13.2 Å². The second-order valence-electron chi connectivity index (χ2n) is 6.63. The lowest BCUT2D eigenvalue weighted by atomic mass is 10.2. The Morgan fingerprint density at radius 3 is 2.31 bits per heavy atom. The largest absolute Gasteiger partial charge is 0.494 e. The molecule has 0 N–H and O–H groups in total. The smallest absolute Gasteiger partial charge is 0.243 e. The average molecular weight is 457 g/mol. The van der Waals surface area contributed by atoms with Crippen LogP contribution in [0.1, 0.15) is 12.8 Å². The number of para-hydroxylation sites is 1. The van der Waals surface area contributed by atoms with Crippen molar-refractivity contribution >= 4 is 39.1 Å². The number of hydrogen-bond acceptors (Lipinski definition) is 4. The number of hydrogen-bond donors (Lipinski definition) is 0. The summed E-state index contributed by atoms with van der Waals surface area (Å²) in [6.45, 7) is 1.67. The Hall–Kier alpha value is -1.80. The minimum absolute atomic E-state index is 0.00764. The molecule has 1 fully saturated rings. The van der Waals surface area contributed by atoms with Crippen LogP contribution in [0.15, 0.2) is 53.4 Å². The van der Waals surface area contributed by atoms with Crippen molar-refractivity contribution in [3.63, 3.8) is 0 Å². The number of carbonyl (C=O) groups is 1. The topological polar surface area (TPSA) is 66.9 Å². The molecule has 0 radical (unpaired) electrons. The summed E-state index contributed by atoms with van der Waals surface area (Å²) in [6, 6.07) is 13.7. The molecular formula is C20H22Cl2N2O4S. The maximum absolute atomic E-state index is 12.8. The molecule has 156 valence electrons. The second kappa shape index (κ2) is 9.80. The number of ether oxygens (including phenoxy) is 1. The Labute approximate surface area is 181 Å². The average Bonchev–Trinajstić information content (AvgIpc) is 2.74. The maximum Gasteiger partial charge on any atom is 0.243 e. The summed E-state index contributed by atoms with van der Waals surface area (Å²) >= 11 is 11.8. The van der Waals surface area contributed by atoms with Crippen LogP contribution in [0.25, 0.3) is 0 Å². The molecule has 2 aromatic carbocycles. The molecule has 9 heteroatoms. The van der Waals surface area contributed by atoms with Crippen molar-refractivity contribution in [3.05, 3.63) is 58.6 Å². The number of rotatable bonds is 7. The van der Waals surface area contributed by atoms with Crippen molar-refractivity contribution in [2.24, 2.45) is 0 Å². The fourth-order valence-electron chi connectivity index (χ4n) is 3.05. The van der Waals surface area contributed by atoms with Gasteiger partial charge in [0.25, 0.3) is 0 Å². The number of amides is 1. The molecule has 0 bridgehead atoms. The molecule has 1 amide bonds. The fraction of sp³-hybridized carbons (Fsp3) is 0.350. The van der Waals surface area contributed by atoms with Gasteiger partial charge in [-0.15, -0.1) is 0 Å². The van der Waals surface area contributed by atoms with Gasteiger partial charge in [0.2, 0.25) is 15.9 Å². The summed E-state index contributed by atoms with van der Waals surface area (Å²) in [7, 11) is -3.67. The predicted octanol–water partition coefficient (Wildman–Crippen LogP) is 3.69. The van der Waals surface area contributed by atoms with Crippen LogP contribution in [0.4, 0.5) is 0 Å². The maximum atomic E-state index is 12.8. The van der Waals surface area contributed by atoms with Crippen LogP contribution in [0.5, 0.6) is 5.75 Å². The highest BCUT2D eigenvalue weighted by atomic mass is 35.5. The van der Waals surface area contributed by atoms with Crippen LogP contribution in [-0.4, -0.2) is 56.3 Å². The normalized spacial score (nSPS) is 15.3. The number of piperazine rings is 1. The fourth-order valence-corrected chi connectivity index (χ4v) is 4.86. The number of nitrogens with zero attached hydrogens (tertiary/aromatic N) is 2.